The Morgan fingerprint density at radius 3 is 2.42 bits per heavy atom. The number of hydrogen-bond donors (Lipinski definition) is 1. The van der Waals surface area contributed by atoms with Crippen LogP contribution in [0.5, 0.6) is 0 Å². The standard InChI is InChI=1S/C19H16N2O3/c1-3-10-20-17(22)13-6-9-15-16(11-13)19(24)21(18(15)23)14-7-4-12(2)5-8-14/h3-9,11H,1,10H2,2H3,(H,20,22). The molecule has 3 amide bonds. The van der Waals surface area contributed by atoms with Crippen molar-refractivity contribution < 1.29 is 14.4 Å². The van der Waals surface area contributed by atoms with Crippen LogP contribution in [0.15, 0.2) is 55.1 Å². The Morgan fingerprint density at radius 2 is 1.75 bits per heavy atom. The van der Waals surface area contributed by atoms with Crippen molar-refractivity contribution in [3.8, 4) is 0 Å². The van der Waals surface area contributed by atoms with Crippen molar-refractivity contribution in [2.24, 2.45) is 0 Å². The summed E-state index contributed by atoms with van der Waals surface area (Å²) in [6, 6.07) is 11.7. The van der Waals surface area contributed by atoms with Crippen molar-refractivity contribution in [1.29, 1.82) is 0 Å². The highest BCUT2D eigenvalue weighted by atomic mass is 16.2. The molecule has 5 heteroatoms. The highest BCUT2D eigenvalue weighted by Crippen LogP contribution is 2.29. The van der Waals surface area contributed by atoms with Crippen LogP contribution in [0.1, 0.15) is 36.6 Å². The SMILES string of the molecule is C=CCNC(=O)c1ccc2c(c1)C(=O)N(c1ccc(C)cc1)C2=O. The minimum atomic E-state index is -0.419. The zero-order valence-corrected chi connectivity index (χ0v) is 13.2. The third kappa shape index (κ3) is 2.60. The predicted octanol–water partition coefficient (Wildman–Crippen LogP) is 2.71. The van der Waals surface area contributed by atoms with E-state index in [2.05, 4.69) is 11.9 Å². The van der Waals surface area contributed by atoms with Gasteiger partial charge in [0.15, 0.2) is 0 Å². The van der Waals surface area contributed by atoms with Gasteiger partial charge in [0.05, 0.1) is 16.8 Å². The van der Waals surface area contributed by atoms with E-state index in [0.29, 0.717) is 23.4 Å². The monoisotopic (exact) mass is 320 g/mol. The van der Waals surface area contributed by atoms with Gasteiger partial charge in [0.1, 0.15) is 0 Å². The van der Waals surface area contributed by atoms with E-state index in [1.807, 2.05) is 19.1 Å². The second-order valence-electron chi connectivity index (χ2n) is 5.54. The molecule has 3 rings (SSSR count). The molecule has 0 aliphatic carbocycles. The number of rotatable bonds is 4. The van der Waals surface area contributed by atoms with Gasteiger partial charge in [-0.1, -0.05) is 23.8 Å². The molecule has 0 radical (unpaired) electrons. The summed E-state index contributed by atoms with van der Waals surface area (Å²) >= 11 is 0. The van der Waals surface area contributed by atoms with Crippen molar-refractivity contribution in [2.75, 3.05) is 11.4 Å². The first kappa shape index (κ1) is 15.7. The maximum Gasteiger partial charge on any atom is 0.266 e. The van der Waals surface area contributed by atoms with Crippen LogP contribution in [0.25, 0.3) is 0 Å². The molecule has 120 valence electrons. The molecule has 2 aromatic carbocycles. The number of carbonyl (C=O) groups is 3. The lowest BCUT2D eigenvalue weighted by Crippen LogP contribution is -2.29. The Morgan fingerprint density at radius 1 is 1.08 bits per heavy atom. The summed E-state index contributed by atoms with van der Waals surface area (Å²) in [6.07, 6.45) is 1.57. The number of hydrogen-bond acceptors (Lipinski definition) is 3. The zero-order chi connectivity index (χ0) is 17.3. The minimum Gasteiger partial charge on any atom is -0.349 e. The molecular formula is C19H16N2O3. The number of nitrogens with zero attached hydrogens (tertiary/aromatic N) is 1. The molecule has 1 aliphatic rings. The fourth-order valence-electron chi connectivity index (χ4n) is 2.58. The predicted molar refractivity (Wildman–Crippen MR) is 91.3 cm³/mol. The number of carbonyl (C=O) groups excluding carboxylic acids is 3. The van der Waals surface area contributed by atoms with Crippen molar-refractivity contribution in [2.45, 2.75) is 6.92 Å². The third-order valence-corrected chi connectivity index (χ3v) is 3.85. The number of amides is 3. The number of aryl methyl sites for hydroxylation is 1. The molecular weight excluding hydrogens is 304 g/mol. The summed E-state index contributed by atoms with van der Waals surface area (Å²) < 4.78 is 0. The quantitative estimate of drug-likeness (QED) is 0.696. The fraction of sp³-hybridized carbons (Fsp3) is 0.105. The second-order valence-corrected chi connectivity index (χ2v) is 5.54. The normalized spacial score (nSPS) is 13.0. The maximum absolute atomic E-state index is 12.6. The van der Waals surface area contributed by atoms with Crippen LogP contribution in [-0.4, -0.2) is 24.3 Å². The molecule has 0 saturated heterocycles. The van der Waals surface area contributed by atoms with Gasteiger partial charge in [-0.25, -0.2) is 4.90 Å². The Kier molecular flexibility index (Phi) is 4.00. The molecule has 0 fully saturated rings. The van der Waals surface area contributed by atoms with Crippen molar-refractivity contribution in [3.63, 3.8) is 0 Å². The van der Waals surface area contributed by atoms with Crippen LogP contribution in [-0.2, 0) is 0 Å². The molecule has 2 aromatic rings. The average Bonchev–Trinajstić information content (AvgIpc) is 2.84. The Bertz CT molecular complexity index is 853. The van der Waals surface area contributed by atoms with Gasteiger partial charge in [0.25, 0.3) is 17.7 Å². The van der Waals surface area contributed by atoms with Gasteiger partial charge in [-0.15, -0.1) is 6.58 Å². The largest absolute Gasteiger partial charge is 0.349 e. The van der Waals surface area contributed by atoms with Crippen LogP contribution in [0.4, 0.5) is 5.69 Å². The van der Waals surface area contributed by atoms with E-state index >= 15 is 0 Å². The first-order valence-electron chi connectivity index (χ1n) is 7.51. The summed E-state index contributed by atoms with van der Waals surface area (Å²) in [5, 5.41) is 2.65. The van der Waals surface area contributed by atoms with Crippen LogP contribution in [0, 0.1) is 6.92 Å². The van der Waals surface area contributed by atoms with Gasteiger partial charge in [-0.3, -0.25) is 14.4 Å². The van der Waals surface area contributed by atoms with Gasteiger partial charge in [-0.05, 0) is 37.3 Å². The van der Waals surface area contributed by atoms with E-state index in [1.54, 1.807) is 24.3 Å². The van der Waals surface area contributed by atoms with E-state index in [1.165, 1.54) is 12.1 Å². The molecule has 24 heavy (non-hydrogen) atoms. The molecule has 5 nitrogen and oxygen atoms in total. The van der Waals surface area contributed by atoms with Gasteiger partial charge >= 0.3 is 0 Å². The summed E-state index contributed by atoms with van der Waals surface area (Å²) in [6.45, 7) is 5.80. The summed E-state index contributed by atoms with van der Waals surface area (Å²) in [5.41, 5.74) is 2.44. The summed E-state index contributed by atoms with van der Waals surface area (Å²) in [4.78, 5) is 38.3. The lowest BCUT2D eigenvalue weighted by molar-refractivity contribution is 0.0924. The molecule has 0 atom stereocenters. The molecule has 0 unspecified atom stereocenters. The van der Waals surface area contributed by atoms with E-state index < -0.39 is 5.91 Å². The van der Waals surface area contributed by atoms with Crippen LogP contribution in [0.3, 0.4) is 0 Å². The molecule has 0 spiro atoms. The first-order valence-corrected chi connectivity index (χ1v) is 7.51. The van der Waals surface area contributed by atoms with E-state index in [4.69, 9.17) is 0 Å². The first-order chi connectivity index (χ1) is 11.5. The van der Waals surface area contributed by atoms with Gasteiger partial charge < -0.3 is 5.32 Å². The molecule has 1 aliphatic heterocycles. The second kappa shape index (κ2) is 6.12. The van der Waals surface area contributed by atoms with Crippen LogP contribution < -0.4 is 10.2 Å². The Hall–Kier alpha value is -3.21. The van der Waals surface area contributed by atoms with Crippen molar-refractivity contribution >= 4 is 23.4 Å². The van der Waals surface area contributed by atoms with E-state index in [-0.39, 0.29) is 17.4 Å². The van der Waals surface area contributed by atoms with Gasteiger partial charge in [-0.2, -0.15) is 0 Å². The number of anilines is 1. The number of benzene rings is 2. The smallest absolute Gasteiger partial charge is 0.266 e. The topological polar surface area (TPSA) is 66.5 Å². The lowest BCUT2D eigenvalue weighted by Gasteiger charge is -2.13. The van der Waals surface area contributed by atoms with Gasteiger partial charge in [0.2, 0.25) is 0 Å². The van der Waals surface area contributed by atoms with E-state index in [0.717, 1.165) is 10.5 Å². The third-order valence-electron chi connectivity index (χ3n) is 3.85. The molecule has 1 heterocycles. The fourth-order valence-corrected chi connectivity index (χ4v) is 2.58. The highest BCUT2D eigenvalue weighted by molar-refractivity contribution is 6.34. The zero-order valence-electron chi connectivity index (χ0n) is 13.2. The van der Waals surface area contributed by atoms with E-state index in [9.17, 15) is 14.4 Å². The average molecular weight is 320 g/mol. The van der Waals surface area contributed by atoms with Gasteiger partial charge in [0, 0.05) is 12.1 Å². The lowest BCUT2D eigenvalue weighted by atomic mass is 10.1. The van der Waals surface area contributed by atoms with Crippen LogP contribution >= 0.6 is 0 Å². The number of fused-ring (bicyclic) bond motifs is 1. The molecule has 1 N–H and O–H groups in total. The Labute approximate surface area is 139 Å². The highest BCUT2D eigenvalue weighted by Gasteiger charge is 2.37. The van der Waals surface area contributed by atoms with Crippen molar-refractivity contribution in [1.82, 2.24) is 5.32 Å². The van der Waals surface area contributed by atoms with Crippen LogP contribution in [0.2, 0.25) is 0 Å². The molecule has 0 saturated carbocycles. The molecule has 0 bridgehead atoms. The summed E-state index contributed by atoms with van der Waals surface area (Å²) in [5.74, 6) is -1.11. The molecule has 0 aromatic heterocycles. The maximum atomic E-state index is 12.6. The minimum absolute atomic E-state index is 0.242. The number of imide groups is 1. The van der Waals surface area contributed by atoms with Crippen molar-refractivity contribution in [3.05, 3.63) is 77.4 Å². The number of nitrogens with one attached hydrogen (secondary N) is 1. The summed E-state index contributed by atoms with van der Waals surface area (Å²) in [7, 11) is 0. The Balaban J connectivity index is 1.95.